The van der Waals surface area contributed by atoms with Crippen molar-refractivity contribution >= 4 is 40.8 Å². The molecule has 0 saturated heterocycles. The summed E-state index contributed by atoms with van der Waals surface area (Å²) in [5.41, 5.74) is 6.77. The lowest BCUT2D eigenvalue weighted by Gasteiger charge is -2.06. The van der Waals surface area contributed by atoms with E-state index in [-0.39, 0.29) is 21.8 Å². The molecule has 0 aliphatic rings. The number of thiocarbonyl (C=S) groups is 1. The van der Waals surface area contributed by atoms with Crippen molar-refractivity contribution in [2.75, 3.05) is 5.32 Å². The zero-order valence-electron chi connectivity index (χ0n) is 10.0. The Morgan fingerprint density at radius 3 is 2.50 bits per heavy atom. The Labute approximate surface area is 124 Å². The minimum atomic E-state index is -0.992. The average molecular weight is 309 g/mol. The van der Waals surface area contributed by atoms with Crippen LogP contribution in [0.3, 0.4) is 0 Å². The molecule has 2 rings (SSSR count). The van der Waals surface area contributed by atoms with E-state index in [0.717, 1.165) is 0 Å². The number of benzene rings is 1. The van der Waals surface area contributed by atoms with Gasteiger partial charge in [-0.2, -0.15) is 0 Å². The van der Waals surface area contributed by atoms with Crippen molar-refractivity contribution in [3.63, 3.8) is 0 Å². The Balaban J connectivity index is 2.38. The normalized spacial score (nSPS) is 10.1. The van der Waals surface area contributed by atoms with Crippen molar-refractivity contribution in [3.05, 3.63) is 41.0 Å². The summed E-state index contributed by atoms with van der Waals surface area (Å²) in [7, 11) is 0. The highest BCUT2D eigenvalue weighted by Gasteiger charge is 2.08. The summed E-state index contributed by atoms with van der Waals surface area (Å²) in [6.45, 7) is 0. The van der Waals surface area contributed by atoms with Crippen molar-refractivity contribution in [2.24, 2.45) is 5.73 Å². The lowest BCUT2D eigenvalue weighted by molar-refractivity contribution is 0.0697. The fraction of sp³-hybridized carbons (Fsp3) is 0. The van der Waals surface area contributed by atoms with E-state index in [1.165, 1.54) is 12.1 Å². The Hall–Kier alpha value is -2.25. The largest absolute Gasteiger partial charge is 0.478 e. The first kappa shape index (κ1) is 14.2. The minimum absolute atomic E-state index is 0.0273. The van der Waals surface area contributed by atoms with Gasteiger partial charge >= 0.3 is 5.97 Å². The van der Waals surface area contributed by atoms with Gasteiger partial charge in [0.05, 0.1) is 11.3 Å². The minimum Gasteiger partial charge on any atom is -0.478 e. The number of carboxylic acids is 1. The fourth-order valence-electron chi connectivity index (χ4n) is 1.52. The zero-order valence-corrected chi connectivity index (χ0v) is 11.6. The number of hydrogen-bond acceptors (Lipinski definition) is 4. The number of anilines is 1. The number of carbonyl (C=O) groups is 1. The van der Waals surface area contributed by atoms with E-state index in [0.29, 0.717) is 11.3 Å². The number of nitrogens with two attached hydrogens (primary N) is 1. The average Bonchev–Trinajstić information content (AvgIpc) is 2.37. The number of aromatic nitrogens is 2. The van der Waals surface area contributed by atoms with E-state index < -0.39 is 5.97 Å². The number of carboxylic acid groups (broad SMARTS) is 1. The van der Waals surface area contributed by atoms with Gasteiger partial charge in [0.1, 0.15) is 5.15 Å². The van der Waals surface area contributed by atoms with Gasteiger partial charge in [0.2, 0.25) is 5.95 Å². The summed E-state index contributed by atoms with van der Waals surface area (Å²) in [6, 6.07) is 7.78. The molecule has 0 spiro atoms. The molecule has 0 unspecified atom stereocenters. The molecule has 0 bridgehead atoms. The lowest BCUT2D eigenvalue weighted by Crippen LogP contribution is -2.20. The molecular weight excluding hydrogens is 300 g/mol. The molecule has 4 N–H and O–H groups in total. The van der Waals surface area contributed by atoms with Gasteiger partial charge in [0.25, 0.3) is 0 Å². The number of aromatic carboxylic acids is 1. The number of halogens is 1. The Kier molecular flexibility index (Phi) is 4.11. The van der Waals surface area contributed by atoms with Gasteiger partial charge in [-0.1, -0.05) is 23.7 Å². The Bertz CT molecular complexity index is 676. The van der Waals surface area contributed by atoms with Crippen molar-refractivity contribution in [1.29, 1.82) is 0 Å². The van der Waals surface area contributed by atoms with Crippen molar-refractivity contribution in [1.82, 2.24) is 9.97 Å². The molecule has 0 amide bonds. The van der Waals surface area contributed by atoms with E-state index in [1.54, 1.807) is 18.2 Å². The lowest BCUT2D eigenvalue weighted by atomic mass is 10.1. The molecule has 1 aromatic heterocycles. The molecule has 0 aliphatic heterocycles. The second kappa shape index (κ2) is 5.81. The van der Waals surface area contributed by atoms with Gasteiger partial charge in [-0.3, -0.25) is 0 Å². The van der Waals surface area contributed by atoms with Gasteiger partial charge in [-0.25, -0.2) is 14.8 Å². The van der Waals surface area contributed by atoms with E-state index in [1.807, 2.05) is 0 Å². The van der Waals surface area contributed by atoms with Crippen LogP contribution in [0.1, 0.15) is 10.4 Å². The van der Waals surface area contributed by atoms with Crippen molar-refractivity contribution < 1.29 is 9.90 Å². The molecule has 0 saturated carbocycles. The number of nitrogens with zero attached hydrogens (tertiary/aromatic N) is 2. The van der Waals surface area contributed by atoms with Crippen LogP contribution in [0.5, 0.6) is 0 Å². The summed E-state index contributed by atoms with van der Waals surface area (Å²) in [5, 5.41) is 11.7. The van der Waals surface area contributed by atoms with Crippen LogP contribution in [0.2, 0.25) is 5.15 Å². The maximum Gasteiger partial charge on any atom is 0.335 e. The monoisotopic (exact) mass is 308 g/mol. The summed E-state index contributed by atoms with van der Waals surface area (Å²) in [6.07, 6.45) is 0. The predicted molar refractivity (Wildman–Crippen MR) is 79.8 cm³/mol. The molecule has 8 heteroatoms. The maximum absolute atomic E-state index is 10.8. The molecule has 102 valence electrons. The third-order valence-electron chi connectivity index (χ3n) is 2.36. The molecule has 0 radical (unpaired) electrons. The second-order valence-corrected chi connectivity index (χ2v) is 4.60. The summed E-state index contributed by atoms with van der Waals surface area (Å²) in [4.78, 5) is 18.9. The van der Waals surface area contributed by atoms with Gasteiger partial charge < -0.3 is 16.2 Å². The molecule has 2 aromatic rings. The Morgan fingerprint density at radius 2 is 1.95 bits per heavy atom. The van der Waals surface area contributed by atoms with E-state index in [4.69, 9.17) is 34.7 Å². The smallest absolute Gasteiger partial charge is 0.335 e. The van der Waals surface area contributed by atoms with Crippen LogP contribution in [0.25, 0.3) is 11.3 Å². The van der Waals surface area contributed by atoms with Crippen LogP contribution in [0.4, 0.5) is 5.95 Å². The topological polar surface area (TPSA) is 101 Å². The van der Waals surface area contributed by atoms with Crippen molar-refractivity contribution in [3.8, 4) is 11.3 Å². The second-order valence-electron chi connectivity index (χ2n) is 3.77. The first-order valence-electron chi connectivity index (χ1n) is 5.40. The van der Waals surface area contributed by atoms with E-state index in [9.17, 15) is 4.79 Å². The van der Waals surface area contributed by atoms with Crippen LogP contribution < -0.4 is 11.1 Å². The van der Waals surface area contributed by atoms with Gasteiger partial charge in [0, 0.05) is 11.6 Å². The number of hydrogen-bond donors (Lipinski definition) is 3. The fourth-order valence-corrected chi connectivity index (χ4v) is 1.79. The van der Waals surface area contributed by atoms with Crippen LogP contribution in [-0.2, 0) is 0 Å². The van der Waals surface area contributed by atoms with E-state index >= 15 is 0 Å². The Morgan fingerprint density at radius 1 is 1.30 bits per heavy atom. The third kappa shape index (κ3) is 3.40. The molecule has 6 nitrogen and oxygen atoms in total. The van der Waals surface area contributed by atoms with Crippen molar-refractivity contribution in [2.45, 2.75) is 0 Å². The summed E-state index contributed by atoms with van der Waals surface area (Å²) < 4.78 is 0. The van der Waals surface area contributed by atoms with E-state index in [2.05, 4.69) is 15.3 Å². The van der Waals surface area contributed by atoms with Gasteiger partial charge in [0.15, 0.2) is 5.11 Å². The van der Waals surface area contributed by atoms with Gasteiger partial charge in [-0.15, -0.1) is 0 Å². The molecule has 1 aromatic carbocycles. The van der Waals surface area contributed by atoms with Gasteiger partial charge in [-0.05, 0) is 24.4 Å². The molecular formula is C12H9ClN4O2S. The highest BCUT2D eigenvalue weighted by molar-refractivity contribution is 7.80. The van der Waals surface area contributed by atoms with Crippen LogP contribution in [0.15, 0.2) is 30.3 Å². The SMILES string of the molecule is NC(=S)Nc1nc(Cl)cc(-c2ccc(C(=O)O)cc2)n1. The van der Waals surface area contributed by atoms with Crippen LogP contribution >= 0.6 is 23.8 Å². The molecule has 0 atom stereocenters. The highest BCUT2D eigenvalue weighted by Crippen LogP contribution is 2.22. The highest BCUT2D eigenvalue weighted by atomic mass is 35.5. The molecule has 20 heavy (non-hydrogen) atoms. The molecule has 1 heterocycles. The third-order valence-corrected chi connectivity index (χ3v) is 2.65. The predicted octanol–water partition coefficient (Wildman–Crippen LogP) is 2.15. The first-order valence-corrected chi connectivity index (χ1v) is 6.19. The molecule has 0 fully saturated rings. The quantitative estimate of drug-likeness (QED) is 0.590. The summed E-state index contributed by atoms with van der Waals surface area (Å²) >= 11 is 10.6. The first-order chi connectivity index (χ1) is 9.45. The number of rotatable bonds is 3. The molecule has 0 aliphatic carbocycles. The van der Waals surface area contributed by atoms with Crippen LogP contribution in [-0.4, -0.2) is 26.2 Å². The zero-order chi connectivity index (χ0) is 14.7. The standard InChI is InChI=1S/C12H9ClN4O2S/c13-9-5-8(15-12(16-9)17-11(14)20)6-1-3-7(4-2-6)10(18)19/h1-5H,(H,18,19)(H3,14,15,16,17,20). The van der Waals surface area contributed by atoms with Crippen LogP contribution in [0, 0.1) is 0 Å². The maximum atomic E-state index is 10.8. The summed E-state index contributed by atoms with van der Waals surface area (Å²) in [5.74, 6) is -0.810. The number of nitrogens with one attached hydrogen (secondary N) is 1.